The van der Waals surface area contributed by atoms with Crippen LogP contribution in [0.25, 0.3) is 11.4 Å². The Morgan fingerprint density at radius 1 is 1.28 bits per heavy atom. The Kier molecular flexibility index (Phi) is 6.32. The molecule has 4 rings (SSSR count). The van der Waals surface area contributed by atoms with Crippen LogP contribution < -0.4 is 14.8 Å². The van der Waals surface area contributed by atoms with Crippen molar-refractivity contribution in [2.24, 2.45) is 0 Å². The maximum absolute atomic E-state index is 12.4. The van der Waals surface area contributed by atoms with E-state index in [0.29, 0.717) is 30.9 Å². The Labute approximate surface area is 192 Å². The minimum absolute atomic E-state index is 0.0674. The van der Waals surface area contributed by atoms with E-state index in [0.717, 1.165) is 34.9 Å². The van der Waals surface area contributed by atoms with Crippen LogP contribution in [0, 0.1) is 11.7 Å². The van der Waals surface area contributed by atoms with Crippen LogP contribution in [0.5, 0.6) is 11.5 Å². The zero-order valence-corrected chi connectivity index (χ0v) is 19.4. The fraction of sp³-hybridized carbons (Fsp3) is 0.375. The van der Waals surface area contributed by atoms with Gasteiger partial charge in [-0.1, -0.05) is 42.0 Å². The summed E-state index contributed by atoms with van der Waals surface area (Å²) in [6, 6.07) is 14.0. The largest absolute Gasteiger partial charge is 0.488 e. The highest BCUT2D eigenvalue weighted by atomic mass is 32.1. The summed E-state index contributed by atoms with van der Waals surface area (Å²) in [7, 11) is 0. The molecule has 0 spiro atoms. The predicted molar refractivity (Wildman–Crippen MR) is 126 cm³/mol. The van der Waals surface area contributed by atoms with Crippen LogP contribution in [0.4, 0.5) is 0 Å². The molecule has 2 N–H and O–H groups in total. The first kappa shape index (κ1) is 22.1. The number of aromatic amines is 1. The molecular formula is C24H28N4O3S. The number of amides is 1. The Morgan fingerprint density at radius 3 is 2.84 bits per heavy atom. The number of carbonyl (C=O) groups is 1. The molecule has 0 unspecified atom stereocenters. The summed E-state index contributed by atoms with van der Waals surface area (Å²) in [5, 5.41) is 10.0. The van der Waals surface area contributed by atoms with Crippen molar-refractivity contribution >= 4 is 18.1 Å². The molecule has 1 amide bonds. The monoisotopic (exact) mass is 452 g/mol. The predicted octanol–water partition coefficient (Wildman–Crippen LogP) is 4.21. The molecule has 0 radical (unpaired) electrons. The van der Waals surface area contributed by atoms with Gasteiger partial charge in [-0.05, 0) is 39.1 Å². The van der Waals surface area contributed by atoms with Gasteiger partial charge in [-0.3, -0.25) is 14.5 Å². The minimum atomic E-state index is -0.220. The van der Waals surface area contributed by atoms with Gasteiger partial charge in [-0.2, -0.15) is 5.10 Å². The Balaban J connectivity index is 1.27. The zero-order chi connectivity index (χ0) is 22.7. The van der Waals surface area contributed by atoms with Crippen molar-refractivity contribution in [1.29, 1.82) is 0 Å². The average Bonchev–Trinajstić information content (AvgIpc) is 3.28. The molecule has 32 heavy (non-hydrogen) atoms. The van der Waals surface area contributed by atoms with Gasteiger partial charge in [0.2, 0.25) is 5.91 Å². The lowest BCUT2D eigenvalue weighted by Gasteiger charge is -2.18. The molecule has 0 atom stereocenters. The van der Waals surface area contributed by atoms with Gasteiger partial charge in [-0.15, -0.1) is 0 Å². The topological polar surface area (TPSA) is 81.2 Å². The van der Waals surface area contributed by atoms with Crippen molar-refractivity contribution < 1.29 is 14.3 Å². The van der Waals surface area contributed by atoms with Crippen LogP contribution in [0.3, 0.4) is 0 Å². The third-order valence-corrected chi connectivity index (χ3v) is 5.68. The first-order valence-corrected chi connectivity index (χ1v) is 11.2. The quantitative estimate of drug-likeness (QED) is 0.395. The number of fused-ring (bicyclic) bond motifs is 1. The average molecular weight is 453 g/mol. The van der Waals surface area contributed by atoms with E-state index in [4.69, 9.17) is 21.7 Å². The van der Waals surface area contributed by atoms with E-state index < -0.39 is 0 Å². The number of carbonyl (C=O) groups excluding carboxylic acids is 1. The summed E-state index contributed by atoms with van der Waals surface area (Å²) in [5.41, 5.74) is 3.06. The van der Waals surface area contributed by atoms with E-state index in [1.54, 1.807) is 0 Å². The van der Waals surface area contributed by atoms with Gasteiger partial charge in [0.05, 0.1) is 6.54 Å². The highest BCUT2D eigenvalue weighted by Gasteiger charge is 2.32. The SMILES string of the molecule is Cc1ccc(-c2n[nH]c(=S)n2CCC(=O)NCCOc2cccc3c2OC(C)(C)C3)cc1. The maximum atomic E-state index is 12.4. The van der Waals surface area contributed by atoms with E-state index >= 15 is 0 Å². The second-order valence-electron chi connectivity index (χ2n) is 8.60. The van der Waals surface area contributed by atoms with Crippen LogP contribution in [0.2, 0.25) is 0 Å². The van der Waals surface area contributed by atoms with Gasteiger partial charge in [0.1, 0.15) is 12.2 Å². The molecular weight excluding hydrogens is 424 g/mol. The first-order valence-electron chi connectivity index (χ1n) is 10.7. The lowest BCUT2D eigenvalue weighted by Crippen LogP contribution is -2.29. The fourth-order valence-electron chi connectivity index (χ4n) is 3.80. The van der Waals surface area contributed by atoms with E-state index in [1.165, 1.54) is 5.56 Å². The molecule has 7 nitrogen and oxygen atoms in total. The standard InChI is InChI=1S/C24H28N4O3S/c1-16-7-9-17(10-8-16)22-26-27-23(32)28(22)13-11-20(29)25-12-14-30-19-6-4-5-18-15-24(2,3)31-21(18)19/h4-10H,11-15H2,1-3H3,(H,25,29)(H,27,32). The number of hydrogen-bond donors (Lipinski definition) is 2. The second-order valence-corrected chi connectivity index (χ2v) is 8.99. The zero-order valence-electron chi connectivity index (χ0n) is 18.6. The number of H-pyrrole nitrogens is 1. The molecule has 0 saturated heterocycles. The van der Waals surface area contributed by atoms with E-state index in [1.807, 2.05) is 47.9 Å². The van der Waals surface area contributed by atoms with Crippen molar-refractivity contribution in [2.45, 2.75) is 45.8 Å². The first-order chi connectivity index (χ1) is 15.3. The van der Waals surface area contributed by atoms with Gasteiger partial charge in [-0.25, -0.2) is 0 Å². The number of nitrogens with one attached hydrogen (secondary N) is 2. The second kappa shape index (κ2) is 9.16. The van der Waals surface area contributed by atoms with E-state index in [9.17, 15) is 4.79 Å². The van der Waals surface area contributed by atoms with Crippen molar-refractivity contribution in [3.05, 3.63) is 58.4 Å². The van der Waals surface area contributed by atoms with E-state index in [2.05, 4.69) is 35.4 Å². The molecule has 0 aliphatic carbocycles. The van der Waals surface area contributed by atoms with Gasteiger partial charge >= 0.3 is 0 Å². The Hall–Kier alpha value is -3.13. The molecule has 3 aromatic rings. The molecule has 1 aromatic heterocycles. The smallest absolute Gasteiger partial charge is 0.221 e. The number of aromatic nitrogens is 3. The summed E-state index contributed by atoms with van der Waals surface area (Å²) in [6.45, 7) is 7.38. The number of aryl methyl sites for hydroxylation is 1. The molecule has 168 valence electrons. The molecule has 2 heterocycles. The van der Waals surface area contributed by atoms with Crippen molar-refractivity contribution in [1.82, 2.24) is 20.1 Å². The molecule has 1 aliphatic heterocycles. The maximum Gasteiger partial charge on any atom is 0.221 e. The third-order valence-electron chi connectivity index (χ3n) is 5.37. The highest BCUT2D eigenvalue weighted by molar-refractivity contribution is 7.71. The molecule has 0 saturated carbocycles. The molecule has 0 bridgehead atoms. The van der Waals surface area contributed by atoms with Crippen molar-refractivity contribution in [2.75, 3.05) is 13.2 Å². The van der Waals surface area contributed by atoms with Gasteiger partial charge in [0.25, 0.3) is 0 Å². The highest BCUT2D eigenvalue weighted by Crippen LogP contribution is 2.41. The fourth-order valence-corrected chi connectivity index (χ4v) is 4.03. The summed E-state index contributed by atoms with van der Waals surface area (Å²) in [5.74, 6) is 2.19. The van der Waals surface area contributed by atoms with Crippen molar-refractivity contribution in [3.8, 4) is 22.9 Å². The minimum Gasteiger partial charge on any atom is -0.488 e. The summed E-state index contributed by atoms with van der Waals surface area (Å²) < 4.78 is 14.2. The van der Waals surface area contributed by atoms with Crippen LogP contribution in [0.15, 0.2) is 42.5 Å². The third kappa shape index (κ3) is 5.02. The Morgan fingerprint density at radius 2 is 2.06 bits per heavy atom. The lowest BCUT2D eigenvalue weighted by molar-refractivity contribution is -0.121. The number of para-hydroxylation sites is 1. The molecule has 8 heteroatoms. The number of rotatable bonds is 8. The molecule has 0 fully saturated rings. The number of benzene rings is 2. The van der Waals surface area contributed by atoms with Gasteiger partial charge in [0, 0.05) is 30.5 Å². The lowest BCUT2D eigenvalue weighted by atomic mass is 10.0. The number of hydrogen-bond acceptors (Lipinski definition) is 5. The summed E-state index contributed by atoms with van der Waals surface area (Å²) in [4.78, 5) is 12.4. The van der Waals surface area contributed by atoms with E-state index in [-0.39, 0.29) is 11.5 Å². The molecule has 1 aliphatic rings. The van der Waals surface area contributed by atoms with Crippen LogP contribution >= 0.6 is 12.2 Å². The Bertz CT molecular complexity index is 1160. The van der Waals surface area contributed by atoms with Crippen LogP contribution in [-0.2, 0) is 17.8 Å². The molecule has 2 aromatic carbocycles. The number of ether oxygens (including phenoxy) is 2. The van der Waals surface area contributed by atoms with Crippen LogP contribution in [0.1, 0.15) is 31.4 Å². The normalized spacial score (nSPS) is 14.0. The van der Waals surface area contributed by atoms with Gasteiger partial charge < -0.3 is 14.8 Å². The number of nitrogens with zero attached hydrogens (tertiary/aromatic N) is 2. The summed E-state index contributed by atoms with van der Waals surface area (Å²) >= 11 is 5.35. The van der Waals surface area contributed by atoms with Gasteiger partial charge in [0.15, 0.2) is 22.1 Å². The van der Waals surface area contributed by atoms with Crippen molar-refractivity contribution in [3.63, 3.8) is 0 Å². The van der Waals surface area contributed by atoms with Crippen LogP contribution in [-0.4, -0.2) is 39.4 Å². The summed E-state index contributed by atoms with van der Waals surface area (Å²) in [6.07, 6.45) is 1.15.